The van der Waals surface area contributed by atoms with Crippen molar-refractivity contribution in [1.29, 1.82) is 0 Å². The second kappa shape index (κ2) is 7.68. The summed E-state index contributed by atoms with van der Waals surface area (Å²) in [5.41, 5.74) is 4.85. The van der Waals surface area contributed by atoms with Crippen LogP contribution in [0.1, 0.15) is 6.42 Å². The van der Waals surface area contributed by atoms with Crippen LogP contribution in [0.3, 0.4) is 0 Å². The van der Waals surface area contributed by atoms with Crippen molar-refractivity contribution in [2.24, 2.45) is 5.73 Å². The average molecular weight is 168 g/mol. The monoisotopic (exact) mass is 168 g/mol. The second-order valence-electron chi connectivity index (χ2n) is 1.96. The summed E-state index contributed by atoms with van der Waals surface area (Å²) in [6, 6.07) is 5.72. The maximum Gasteiger partial charge on any atom is 0.304 e. The van der Waals surface area contributed by atoms with Gasteiger partial charge in [-0.15, -0.1) is 0 Å². The molecular formula is C8H12N2O2. The predicted octanol–water partition coefficient (Wildman–Crippen LogP) is 0.501. The molecule has 0 spiro atoms. The van der Waals surface area contributed by atoms with E-state index in [1.54, 1.807) is 12.4 Å². The molecule has 1 heterocycles. The van der Waals surface area contributed by atoms with Gasteiger partial charge in [-0.05, 0) is 12.1 Å². The minimum absolute atomic E-state index is 0.0694. The summed E-state index contributed by atoms with van der Waals surface area (Å²) in [5.74, 6) is -0.836. The maximum absolute atomic E-state index is 9.52. The molecule has 0 aromatic carbocycles. The normalized spacial score (nSPS) is 8.08. The van der Waals surface area contributed by atoms with Crippen LogP contribution in [0.4, 0.5) is 0 Å². The summed E-state index contributed by atoms with van der Waals surface area (Å²) in [4.78, 5) is 13.3. The highest BCUT2D eigenvalue weighted by molar-refractivity contribution is 5.66. The summed E-state index contributed by atoms with van der Waals surface area (Å²) in [6.45, 7) is 0.231. The molecule has 0 saturated heterocycles. The Morgan fingerprint density at radius 1 is 1.33 bits per heavy atom. The fourth-order valence-electron chi connectivity index (χ4n) is 0.436. The number of carboxylic acids is 1. The number of aromatic nitrogens is 1. The van der Waals surface area contributed by atoms with Gasteiger partial charge in [0, 0.05) is 18.9 Å². The molecular weight excluding hydrogens is 156 g/mol. The van der Waals surface area contributed by atoms with Crippen molar-refractivity contribution in [3.05, 3.63) is 30.6 Å². The largest absolute Gasteiger partial charge is 0.481 e. The molecule has 0 saturated carbocycles. The number of hydrogen-bond acceptors (Lipinski definition) is 3. The van der Waals surface area contributed by atoms with Crippen molar-refractivity contribution in [1.82, 2.24) is 4.98 Å². The third kappa shape index (κ3) is 8.58. The van der Waals surface area contributed by atoms with Crippen LogP contribution >= 0.6 is 0 Å². The van der Waals surface area contributed by atoms with Crippen LogP contribution in [0.25, 0.3) is 0 Å². The van der Waals surface area contributed by atoms with Crippen molar-refractivity contribution < 1.29 is 9.90 Å². The van der Waals surface area contributed by atoms with E-state index >= 15 is 0 Å². The van der Waals surface area contributed by atoms with Gasteiger partial charge in [0.05, 0.1) is 6.42 Å². The van der Waals surface area contributed by atoms with E-state index < -0.39 is 5.97 Å². The van der Waals surface area contributed by atoms with Gasteiger partial charge in [-0.2, -0.15) is 0 Å². The van der Waals surface area contributed by atoms with Crippen molar-refractivity contribution in [2.45, 2.75) is 6.42 Å². The summed E-state index contributed by atoms with van der Waals surface area (Å²) in [7, 11) is 0. The number of hydrogen-bond donors (Lipinski definition) is 2. The maximum atomic E-state index is 9.52. The van der Waals surface area contributed by atoms with Crippen molar-refractivity contribution in [2.75, 3.05) is 6.54 Å². The molecule has 0 aliphatic rings. The van der Waals surface area contributed by atoms with Gasteiger partial charge < -0.3 is 10.8 Å². The zero-order valence-corrected chi connectivity index (χ0v) is 6.68. The standard InChI is InChI=1S/C5H5N.C3H7NO2/c1-2-4-6-5-3-1;4-2-1-3(5)6/h1-5H;1-2,4H2,(H,5,6). The molecule has 0 aliphatic heterocycles. The highest BCUT2D eigenvalue weighted by Crippen LogP contribution is 1.73. The van der Waals surface area contributed by atoms with Crippen LogP contribution in [-0.2, 0) is 4.79 Å². The van der Waals surface area contributed by atoms with E-state index in [0.29, 0.717) is 0 Å². The zero-order valence-electron chi connectivity index (χ0n) is 6.68. The SMILES string of the molecule is NCCC(=O)O.c1ccncc1. The third-order valence-electron chi connectivity index (χ3n) is 0.925. The van der Waals surface area contributed by atoms with E-state index in [4.69, 9.17) is 10.8 Å². The first kappa shape index (κ1) is 10.6. The number of aliphatic carboxylic acids is 1. The van der Waals surface area contributed by atoms with Crippen molar-refractivity contribution >= 4 is 5.97 Å². The number of rotatable bonds is 2. The fourth-order valence-corrected chi connectivity index (χ4v) is 0.436. The van der Waals surface area contributed by atoms with Gasteiger partial charge >= 0.3 is 5.97 Å². The van der Waals surface area contributed by atoms with E-state index in [2.05, 4.69) is 4.98 Å². The van der Waals surface area contributed by atoms with E-state index in [9.17, 15) is 4.79 Å². The Kier molecular flexibility index (Phi) is 6.78. The second-order valence-corrected chi connectivity index (χ2v) is 1.96. The van der Waals surface area contributed by atoms with Gasteiger partial charge in [0.1, 0.15) is 0 Å². The molecule has 3 N–H and O–H groups in total. The third-order valence-corrected chi connectivity index (χ3v) is 0.925. The molecule has 1 rings (SSSR count). The van der Waals surface area contributed by atoms with Gasteiger partial charge in [-0.3, -0.25) is 9.78 Å². The van der Waals surface area contributed by atoms with E-state index in [-0.39, 0.29) is 13.0 Å². The molecule has 0 aliphatic carbocycles. The van der Waals surface area contributed by atoms with E-state index in [0.717, 1.165) is 0 Å². The molecule has 1 aromatic rings. The van der Waals surface area contributed by atoms with Crippen molar-refractivity contribution in [3.8, 4) is 0 Å². The number of carbonyl (C=O) groups is 1. The Balaban J connectivity index is 0.000000202. The Hall–Kier alpha value is -1.42. The summed E-state index contributed by atoms with van der Waals surface area (Å²) in [5, 5.41) is 7.83. The molecule has 4 heteroatoms. The summed E-state index contributed by atoms with van der Waals surface area (Å²) < 4.78 is 0. The van der Waals surface area contributed by atoms with Gasteiger partial charge in [-0.1, -0.05) is 6.07 Å². The lowest BCUT2D eigenvalue weighted by Crippen LogP contribution is -2.05. The van der Waals surface area contributed by atoms with Gasteiger partial charge in [0.25, 0.3) is 0 Å². The highest BCUT2D eigenvalue weighted by atomic mass is 16.4. The molecule has 0 atom stereocenters. The van der Waals surface area contributed by atoms with Crippen LogP contribution in [0.2, 0.25) is 0 Å². The molecule has 0 unspecified atom stereocenters. The van der Waals surface area contributed by atoms with Crippen LogP contribution in [0, 0.1) is 0 Å². The molecule has 4 nitrogen and oxygen atoms in total. The zero-order chi connectivity index (χ0) is 9.23. The number of nitrogens with zero attached hydrogens (tertiary/aromatic N) is 1. The Labute approximate surface area is 71.0 Å². The number of pyridine rings is 1. The Bertz CT molecular complexity index is 175. The number of nitrogens with two attached hydrogens (primary N) is 1. The first-order valence-electron chi connectivity index (χ1n) is 3.54. The lowest BCUT2D eigenvalue weighted by atomic mass is 10.5. The van der Waals surface area contributed by atoms with Crippen LogP contribution in [-0.4, -0.2) is 22.6 Å². The number of carboxylic acid groups (broad SMARTS) is 1. The van der Waals surface area contributed by atoms with Crippen LogP contribution in [0.15, 0.2) is 30.6 Å². The molecule has 12 heavy (non-hydrogen) atoms. The molecule has 0 radical (unpaired) electrons. The molecule has 66 valence electrons. The van der Waals surface area contributed by atoms with Gasteiger partial charge in [0.2, 0.25) is 0 Å². The lowest BCUT2D eigenvalue weighted by molar-refractivity contribution is -0.136. The first-order chi connectivity index (χ1) is 5.77. The molecule has 0 bridgehead atoms. The predicted molar refractivity (Wildman–Crippen MR) is 45.5 cm³/mol. The minimum atomic E-state index is -0.836. The fraction of sp³-hybridized carbons (Fsp3) is 0.250. The Morgan fingerprint density at radius 2 is 1.92 bits per heavy atom. The van der Waals surface area contributed by atoms with E-state index in [1.807, 2.05) is 18.2 Å². The first-order valence-corrected chi connectivity index (χ1v) is 3.54. The quantitative estimate of drug-likeness (QED) is 0.674. The van der Waals surface area contributed by atoms with Gasteiger partial charge in [0.15, 0.2) is 0 Å². The minimum Gasteiger partial charge on any atom is -0.481 e. The molecule has 0 fully saturated rings. The average Bonchev–Trinajstić information content (AvgIpc) is 2.08. The lowest BCUT2D eigenvalue weighted by Gasteiger charge is -1.80. The molecule has 0 amide bonds. The highest BCUT2D eigenvalue weighted by Gasteiger charge is 1.87. The Morgan fingerprint density at radius 3 is 2.00 bits per heavy atom. The smallest absolute Gasteiger partial charge is 0.304 e. The van der Waals surface area contributed by atoms with Crippen molar-refractivity contribution in [3.63, 3.8) is 0 Å². The van der Waals surface area contributed by atoms with Crippen LogP contribution < -0.4 is 5.73 Å². The van der Waals surface area contributed by atoms with E-state index in [1.165, 1.54) is 0 Å². The topological polar surface area (TPSA) is 76.2 Å². The van der Waals surface area contributed by atoms with Gasteiger partial charge in [-0.25, -0.2) is 0 Å². The molecule has 1 aromatic heterocycles. The van der Waals surface area contributed by atoms with Crippen LogP contribution in [0.5, 0.6) is 0 Å². The summed E-state index contributed by atoms with van der Waals surface area (Å²) in [6.07, 6.45) is 3.57. The summed E-state index contributed by atoms with van der Waals surface area (Å²) >= 11 is 0.